The maximum atomic E-state index is 13.7. The highest BCUT2D eigenvalue weighted by atomic mass is 35.5. The molecule has 1 spiro atoms. The number of hydrogen-bond acceptors (Lipinski definition) is 6. The molecular weight excluding hydrogens is 465 g/mol. The van der Waals surface area contributed by atoms with Crippen molar-refractivity contribution in [1.82, 2.24) is 0 Å². The topological polar surface area (TPSA) is 102 Å². The van der Waals surface area contributed by atoms with Crippen molar-refractivity contribution in [3.8, 4) is 0 Å². The lowest BCUT2D eigenvalue weighted by Gasteiger charge is -2.44. The van der Waals surface area contributed by atoms with E-state index >= 15 is 0 Å². The smallest absolute Gasteiger partial charge is 0.339 e. The molecule has 0 saturated carbocycles. The van der Waals surface area contributed by atoms with Gasteiger partial charge in [-0.3, -0.25) is 14.5 Å². The first-order valence-electron chi connectivity index (χ1n) is 10.3. The second-order valence-corrected chi connectivity index (χ2v) is 8.93. The number of benzene rings is 2. The van der Waals surface area contributed by atoms with Gasteiger partial charge in [-0.1, -0.05) is 23.2 Å². The Bertz CT molecular complexity index is 1300. The number of allylic oxidation sites excluding steroid dienone is 1. The van der Waals surface area contributed by atoms with Crippen molar-refractivity contribution in [2.75, 3.05) is 17.3 Å². The van der Waals surface area contributed by atoms with Gasteiger partial charge in [0.1, 0.15) is 16.8 Å². The Morgan fingerprint density at radius 2 is 1.79 bits per heavy atom. The highest BCUT2D eigenvalue weighted by Gasteiger charge is 2.62. The molecule has 9 heteroatoms. The van der Waals surface area contributed by atoms with E-state index < -0.39 is 17.3 Å². The molecule has 0 radical (unpaired) electrons. The second-order valence-electron chi connectivity index (χ2n) is 8.06. The normalized spacial score (nSPS) is 21.8. The van der Waals surface area contributed by atoms with Gasteiger partial charge in [-0.15, -0.1) is 0 Å². The number of Topliss-reactive ketones (excluding diaryl/α,β-unsaturated/α-hetero) is 1. The van der Waals surface area contributed by atoms with Crippen LogP contribution in [0.2, 0.25) is 10.0 Å². The third kappa shape index (κ3) is 2.92. The van der Waals surface area contributed by atoms with Crippen LogP contribution in [0.5, 0.6) is 0 Å². The summed E-state index contributed by atoms with van der Waals surface area (Å²) in [4.78, 5) is 42.1. The molecule has 2 aromatic carbocycles. The lowest BCUT2D eigenvalue weighted by atomic mass is 9.63. The Balaban J connectivity index is 1.91. The van der Waals surface area contributed by atoms with Gasteiger partial charge in [0, 0.05) is 44.7 Å². The van der Waals surface area contributed by atoms with E-state index in [1.807, 2.05) is 0 Å². The highest BCUT2D eigenvalue weighted by molar-refractivity contribution is 6.31. The molecule has 1 unspecified atom stereocenters. The maximum Gasteiger partial charge on any atom is 0.339 e. The Kier molecular flexibility index (Phi) is 4.99. The molecule has 2 heterocycles. The number of hydrogen-bond donors (Lipinski definition) is 2. The van der Waals surface area contributed by atoms with Crippen LogP contribution in [-0.2, 0) is 24.5 Å². The van der Waals surface area contributed by atoms with E-state index in [0.29, 0.717) is 45.5 Å². The first kappa shape index (κ1) is 21.6. The summed E-state index contributed by atoms with van der Waals surface area (Å²) in [5.41, 5.74) is 7.04. The third-order valence-electron chi connectivity index (χ3n) is 6.35. The van der Waals surface area contributed by atoms with E-state index in [1.54, 1.807) is 47.4 Å². The minimum absolute atomic E-state index is 0.0144. The average Bonchev–Trinajstić information content (AvgIpc) is 3.06. The van der Waals surface area contributed by atoms with Crippen molar-refractivity contribution in [2.45, 2.75) is 24.7 Å². The van der Waals surface area contributed by atoms with Gasteiger partial charge in [-0.25, -0.2) is 4.79 Å². The largest absolute Gasteiger partial charge is 0.466 e. The van der Waals surface area contributed by atoms with E-state index in [2.05, 4.69) is 5.32 Å². The molecule has 2 aromatic rings. The quantitative estimate of drug-likeness (QED) is 0.624. The van der Waals surface area contributed by atoms with Crippen LogP contribution < -0.4 is 16.0 Å². The van der Waals surface area contributed by atoms with E-state index in [4.69, 9.17) is 33.7 Å². The highest BCUT2D eigenvalue weighted by Crippen LogP contribution is 2.55. The monoisotopic (exact) mass is 483 g/mol. The summed E-state index contributed by atoms with van der Waals surface area (Å²) in [6.07, 6.45) is 1.32. The zero-order valence-electron chi connectivity index (χ0n) is 17.6. The molecule has 1 amide bonds. The number of ether oxygens (including phenoxy) is 1. The third-order valence-corrected chi connectivity index (χ3v) is 6.84. The van der Waals surface area contributed by atoms with Gasteiger partial charge in [-0.2, -0.15) is 0 Å². The number of nitrogens with zero attached hydrogens (tertiary/aromatic N) is 1. The molecule has 5 rings (SSSR count). The number of nitrogens with one attached hydrogen (secondary N) is 1. The molecule has 0 fully saturated rings. The molecule has 33 heavy (non-hydrogen) atoms. The first-order valence-corrected chi connectivity index (χ1v) is 11.1. The maximum absolute atomic E-state index is 13.7. The van der Waals surface area contributed by atoms with Gasteiger partial charge in [0.2, 0.25) is 5.91 Å². The fraction of sp³-hybridized carbons (Fsp3) is 0.208. The average molecular weight is 484 g/mol. The summed E-state index contributed by atoms with van der Waals surface area (Å²) in [6, 6.07) is 11.7. The molecule has 3 N–H and O–H groups in total. The Morgan fingerprint density at radius 1 is 1.09 bits per heavy atom. The van der Waals surface area contributed by atoms with E-state index in [1.165, 1.54) is 7.11 Å². The summed E-state index contributed by atoms with van der Waals surface area (Å²) in [7, 11) is 1.21. The molecule has 1 aliphatic carbocycles. The van der Waals surface area contributed by atoms with E-state index in [9.17, 15) is 14.4 Å². The lowest BCUT2D eigenvalue weighted by molar-refractivity contribution is -0.138. The molecule has 1 atom stereocenters. The number of rotatable bonds is 2. The number of carbonyl (C=O) groups is 3. The van der Waals surface area contributed by atoms with Crippen molar-refractivity contribution in [1.29, 1.82) is 0 Å². The van der Waals surface area contributed by atoms with Crippen molar-refractivity contribution >= 4 is 52.2 Å². The summed E-state index contributed by atoms with van der Waals surface area (Å²) in [5, 5.41) is 3.70. The second kappa shape index (κ2) is 7.64. The zero-order chi connectivity index (χ0) is 23.5. The number of carbonyl (C=O) groups excluding carboxylic acids is 3. The summed E-state index contributed by atoms with van der Waals surface area (Å²) >= 11 is 12.4. The summed E-state index contributed by atoms with van der Waals surface area (Å²) < 4.78 is 5.09. The van der Waals surface area contributed by atoms with Crippen LogP contribution in [0.1, 0.15) is 24.8 Å². The predicted molar refractivity (Wildman–Crippen MR) is 125 cm³/mol. The molecular formula is C24H19Cl2N3O4. The van der Waals surface area contributed by atoms with Crippen molar-refractivity contribution in [3.05, 3.63) is 80.7 Å². The molecule has 3 aliphatic rings. The summed E-state index contributed by atoms with van der Waals surface area (Å²) in [5.74, 6) is -1.56. The van der Waals surface area contributed by atoms with Gasteiger partial charge in [0.25, 0.3) is 0 Å². The van der Waals surface area contributed by atoms with Crippen LogP contribution >= 0.6 is 23.2 Å². The molecule has 168 valence electrons. The van der Waals surface area contributed by atoms with Crippen molar-refractivity contribution in [2.24, 2.45) is 5.73 Å². The molecule has 0 bridgehead atoms. The first-order chi connectivity index (χ1) is 15.8. The van der Waals surface area contributed by atoms with E-state index in [0.717, 1.165) is 0 Å². The van der Waals surface area contributed by atoms with Crippen molar-refractivity contribution in [3.63, 3.8) is 0 Å². The number of halogens is 2. The van der Waals surface area contributed by atoms with Gasteiger partial charge < -0.3 is 15.8 Å². The Morgan fingerprint density at radius 3 is 2.48 bits per heavy atom. The van der Waals surface area contributed by atoms with Gasteiger partial charge >= 0.3 is 5.97 Å². The number of ketones is 1. The summed E-state index contributed by atoms with van der Waals surface area (Å²) in [6.45, 7) is 0. The minimum Gasteiger partial charge on any atom is -0.466 e. The number of nitrogens with two attached hydrogens (primary N) is 1. The van der Waals surface area contributed by atoms with Gasteiger partial charge in [-0.05, 0) is 55.3 Å². The van der Waals surface area contributed by atoms with Crippen LogP contribution in [-0.4, -0.2) is 24.8 Å². The van der Waals surface area contributed by atoms with Crippen LogP contribution in [0, 0.1) is 0 Å². The van der Waals surface area contributed by atoms with Crippen molar-refractivity contribution < 1.29 is 19.1 Å². The minimum atomic E-state index is -1.76. The number of esters is 1. The number of anilines is 2. The molecule has 7 nitrogen and oxygen atoms in total. The van der Waals surface area contributed by atoms with Crippen LogP contribution in [0.15, 0.2) is 65.1 Å². The fourth-order valence-electron chi connectivity index (χ4n) is 5.07. The van der Waals surface area contributed by atoms with Gasteiger partial charge in [0.15, 0.2) is 5.78 Å². The van der Waals surface area contributed by atoms with Crippen LogP contribution in [0.3, 0.4) is 0 Å². The number of methoxy groups -OCH3 is 1. The fourth-order valence-corrected chi connectivity index (χ4v) is 5.36. The van der Waals surface area contributed by atoms with Gasteiger partial charge in [0.05, 0.1) is 7.11 Å². The lowest BCUT2D eigenvalue weighted by Crippen LogP contribution is -2.53. The number of fused-ring (bicyclic) bond motifs is 3. The number of amides is 1. The molecule has 0 saturated heterocycles. The van der Waals surface area contributed by atoms with Crippen LogP contribution in [0.25, 0.3) is 0 Å². The Hall–Kier alpha value is -3.29. The zero-order valence-corrected chi connectivity index (χ0v) is 19.1. The predicted octanol–water partition coefficient (Wildman–Crippen LogP) is 4.05. The van der Waals surface area contributed by atoms with Crippen LogP contribution in [0.4, 0.5) is 11.4 Å². The van der Waals surface area contributed by atoms with E-state index in [-0.39, 0.29) is 29.2 Å². The SMILES string of the molecule is COC(=O)C1=C(N)N(c2ccc(Cl)cc2)C2=C(C(=O)CCC2)C12C(=O)Nc1ccc(Cl)cc12. The Labute approximate surface area is 199 Å². The standard InChI is InChI=1S/C24H19Cl2N3O4/c1-33-22(31)20-21(27)29(14-8-5-12(25)6-9-14)17-3-2-4-18(30)19(17)24(20)15-11-13(26)7-10-16(15)28-23(24)32/h5-11H,2-4,27H2,1H3,(H,28,32). The molecule has 2 aliphatic heterocycles. The molecule has 0 aromatic heterocycles.